The molecule has 0 saturated carbocycles. The Morgan fingerprint density at radius 2 is 2.00 bits per heavy atom. The summed E-state index contributed by atoms with van der Waals surface area (Å²) < 4.78 is 7.53. The van der Waals surface area contributed by atoms with Crippen molar-refractivity contribution in [2.45, 2.75) is 39.7 Å². The van der Waals surface area contributed by atoms with E-state index >= 15 is 0 Å². The first-order valence-corrected chi connectivity index (χ1v) is 6.73. The van der Waals surface area contributed by atoms with Gasteiger partial charge < -0.3 is 4.74 Å². The summed E-state index contributed by atoms with van der Waals surface area (Å²) >= 11 is 0. The van der Waals surface area contributed by atoms with Crippen LogP contribution in [-0.2, 0) is 4.74 Å². The molecule has 0 spiro atoms. The third-order valence-corrected chi connectivity index (χ3v) is 3.23. The molecule has 0 amide bonds. The van der Waals surface area contributed by atoms with Crippen molar-refractivity contribution in [3.63, 3.8) is 0 Å². The minimum Gasteiger partial charge on any atom is -0.381 e. The number of ether oxygens (including phenoxy) is 1. The van der Waals surface area contributed by atoms with Gasteiger partial charge in [0.2, 0.25) is 0 Å². The molecule has 2 aromatic heterocycles. The second-order valence-corrected chi connectivity index (χ2v) is 4.27. The molecule has 0 unspecified atom stereocenters. The quantitative estimate of drug-likeness (QED) is 0.777. The number of pyridine rings is 1. The highest BCUT2D eigenvalue weighted by atomic mass is 16.5. The van der Waals surface area contributed by atoms with E-state index in [9.17, 15) is 0 Å². The first-order valence-electron chi connectivity index (χ1n) is 6.73. The largest absolute Gasteiger partial charge is 0.381 e. The van der Waals surface area contributed by atoms with E-state index in [1.807, 2.05) is 39.2 Å². The van der Waals surface area contributed by atoms with E-state index in [0.717, 1.165) is 37.1 Å². The van der Waals surface area contributed by atoms with Gasteiger partial charge in [-0.2, -0.15) is 5.10 Å². The molecular weight excluding hydrogens is 226 g/mol. The Kier molecular flexibility index (Phi) is 4.31. The van der Waals surface area contributed by atoms with Crippen molar-refractivity contribution >= 4 is 10.9 Å². The van der Waals surface area contributed by atoms with Crippen LogP contribution < -0.4 is 0 Å². The number of aryl methyl sites for hydroxylation is 1. The van der Waals surface area contributed by atoms with E-state index in [4.69, 9.17) is 4.74 Å². The van der Waals surface area contributed by atoms with E-state index in [-0.39, 0.29) is 0 Å². The molecule has 0 aliphatic carbocycles. The number of aromatic nitrogens is 3. The lowest BCUT2D eigenvalue weighted by Gasteiger charge is -2.23. The van der Waals surface area contributed by atoms with Crippen molar-refractivity contribution in [3.05, 3.63) is 24.2 Å². The second-order valence-electron chi connectivity index (χ2n) is 4.27. The Balaban J connectivity index is 0.000000574. The smallest absolute Gasteiger partial charge is 0.0719 e. The van der Waals surface area contributed by atoms with E-state index in [2.05, 4.69) is 14.8 Å². The van der Waals surface area contributed by atoms with Crippen LogP contribution in [-0.4, -0.2) is 28.0 Å². The van der Waals surface area contributed by atoms with E-state index in [1.165, 1.54) is 5.52 Å². The topological polar surface area (TPSA) is 39.9 Å². The van der Waals surface area contributed by atoms with Crippen LogP contribution in [0.3, 0.4) is 0 Å². The Bertz CT molecular complexity index is 501. The normalized spacial score (nSPS) is 16.4. The monoisotopic (exact) mass is 247 g/mol. The van der Waals surface area contributed by atoms with Crippen LogP contribution in [0.2, 0.25) is 0 Å². The maximum absolute atomic E-state index is 5.39. The molecule has 98 valence electrons. The summed E-state index contributed by atoms with van der Waals surface area (Å²) in [4.78, 5) is 4.15. The van der Waals surface area contributed by atoms with Gasteiger partial charge in [0.05, 0.1) is 17.3 Å². The fourth-order valence-electron chi connectivity index (χ4n) is 2.34. The summed E-state index contributed by atoms with van der Waals surface area (Å²) in [5.41, 5.74) is 2.26. The summed E-state index contributed by atoms with van der Waals surface area (Å²) in [6.45, 7) is 7.73. The number of fused-ring (bicyclic) bond motifs is 1. The molecule has 0 radical (unpaired) electrons. The molecule has 0 atom stereocenters. The van der Waals surface area contributed by atoms with Crippen molar-refractivity contribution in [2.24, 2.45) is 0 Å². The highest BCUT2D eigenvalue weighted by molar-refractivity contribution is 5.80. The van der Waals surface area contributed by atoms with E-state index < -0.39 is 0 Å². The van der Waals surface area contributed by atoms with Crippen LogP contribution in [0.1, 0.15) is 38.4 Å². The summed E-state index contributed by atoms with van der Waals surface area (Å²) in [6.07, 6.45) is 5.84. The van der Waals surface area contributed by atoms with Crippen molar-refractivity contribution in [1.82, 2.24) is 14.8 Å². The summed E-state index contributed by atoms with van der Waals surface area (Å²) in [7, 11) is 0. The van der Waals surface area contributed by atoms with Crippen LogP contribution in [0.25, 0.3) is 10.9 Å². The van der Waals surface area contributed by atoms with Crippen LogP contribution in [0.15, 0.2) is 18.5 Å². The Labute approximate surface area is 108 Å². The van der Waals surface area contributed by atoms with Crippen molar-refractivity contribution in [1.29, 1.82) is 0 Å². The van der Waals surface area contributed by atoms with Gasteiger partial charge in [-0.25, -0.2) is 0 Å². The first kappa shape index (κ1) is 13.0. The average Bonchev–Trinajstić information content (AvgIpc) is 2.80. The Morgan fingerprint density at radius 1 is 1.28 bits per heavy atom. The van der Waals surface area contributed by atoms with Gasteiger partial charge in [-0.05, 0) is 25.8 Å². The molecule has 4 heteroatoms. The van der Waals surface area contributed by atoms with Gasteiger partial charge in [0.25, 0.3) is 0 Å². The van der Waals surface area contributed by atoms with Gasteiger partial charge >= 0.3 is 0 Å². The summed E-state index contributed by atoms with van der Waals surface area (Å²) in [5.74, 6) is 0. The first-order chi connectivity index (χ1) is 8.86. The summed E-state index contributed by atoms with van der Waals surface area (Å²) in [5, 5.41) is 5.80. The fourth-order valence-corrected chi connectivity index (χ4v) is 2.34. The summed E-state index contributed by atoms with van der Waals surface area (Å²) in [6, 6.07) is 2.53. The third-order valence-electron chi connectivity index (χ3n) is 3.23. The van der Waals surface area contributed by atoms with Crippen LogP contribution in [0.5, 0.6) is 0 Å². The minimum absolute atomic E-state index is 0.479. The number of hydrogen-bond donors (Lipinski definition) is 0. The van der Waals surface area contributed by atoms with Crippen LogP contribution in [0.4, 0.5) is 0 Å². The zero-order chi connectivity index (χ0) is 13.0. The molecule has 0 bridgehead atoms. The third kappa shape index (κ3) is 2.38. The molecular formula is C14H21N3O. The average molecular weight is 247 g/mol. The molecule has 0 aromatic carbocycles. The molecule has 4 nitrogen and oxygen atoms in total. The zero-order valence-corrected chi connectivity index (χ0v) is 11.4. The molecule has 3 heterocycles. The second kappa shape index (κ2) is 5.96. The molecule has 3 rings (SSSR count). The lowest BCUT2D eigenvalue weighted by Crippen LogP contribution is -2.20. The number of nitrogens with zero attached hydrogens (tertiary/aromatic N) is 3. The molecule has 1 fully saturated rings. The predicted molar refractivity (Wildman–Crippen MR) is 72.7 cm³/mol. The van der Waals surface area contributed by atoms with Crippen molar-refractivity contribution in [3.8, 4) is 0 Å². The molecule has 18 heavy (non-hydrogen) atoms. The molecule has 2 aromatic rings. The van der Waals surface area contributed by atoms with Gasteiger partial charge in [-0.1, -0.05) is 13.8 Å². The number of hydrogen-bond acceptors (Lipinski definition) is 3. The minimum atomic E-state index is 0.479. The van der Waals surface area contributed by atoms with Crippen LogP contribution >= 0.6 is 0 Å². The zero-order valence-electron chi connectivity index (χ0n) is 11.4. The van der Waals surface area contributed by atoms with E-state index in [1.54, 1.807) is 0 Å². The van der Waals surface area contributed by atoms with Crippen molar-refractivity contribution in [2.75, 3.05) is 13.2 Å². The molecule has 1 aliphatic heterocycles. The molecule has 1 aliphatic rings. The van der Waals surface area contributed by atoms with Gasteiger partial charge in [0, 0.05) is 31.0 Å². The van der Waals surface area contributed by atoms with Gasteiger partial charge in [-0.15, -0.1) is 0 Å². The Morgan fingerprint density at radius 3 is 2.72 bits per heavy atom. The SMILES string of the molecule is CC.Cc1nn(C2CCOCC2)c2ccncc12. The van der Waals surface area contributed by atoms with Gasteiger partial charge in [0.1, 0.15) is 0 Å². The predicted octanol–water partition coefficient (Wildman–Crippen LogP) is 3.12. The maximum Gasteiger partial charge on any atom is 0.0719 e. The fraction of sp³-hybridized carbons (Fsp3) is 0.571. The van der Waals surface area contributed by atoms with Crippen LogP contribution in [0, 0.1) is 6.92 Å². The number of rotatable bonds is 1. The highest BCUT2D eigenvalue weighted by Crippen LogP contribution is 2.26. The lowest BCUT2D eigenvalue weighted by atomic mass is 10.1. The Hall–Kier alpha value is -1.42. The molecule has 0 N–H and O–H groups in total. The van der Waals surface area contributed by atoms with Gasteiger partial charge in [0.15, 0.2) is 0 Å². The van der Waals surface area contributed by atoms with E-state index in [0.29, 0.717) is 6.04 Å². The molecule has 1 saturated heterocycles. The standard InChI is InChI=1S/C12H15N3O.C2H6/c1-9-11-8-13-5-2-12(11)15(14-9)10-3-6-16-7-4-10;1-2/h2,5,8,10H,3-4,6-7H2,1H3;1-2H3. The van der Waals surface area contributed by atoms with Gasteiger partial charge in [-0.3, -0.25) is 9.67 Å². The lowest BCUT2D eigenvalue weighted by molar-refractivity contribution is 0.0674. The highest BCUT2D eigenvalue weighted by Gasteiger charge is 2.19. The van der Waals surface area contributed by atoms with Crippen molar-refractivity contribution < 1.29 is 4.74 Å². The maximum atomic E-state index is 5.39.